The van der Waals surface area contributed by atoms with Crippen molar-refractivity contribution in [3.8, 4) is 6.07 Å². The van der Waals surface area contributed by atoms with E-state index < -0.39 is 0 Å². The van der Waals surface area contributed by atoms with Crippen molar-refractivity contribution in [3.05, 3.63) is 28.2 Å². The summed E-state index contributed by atoms with van der Waals surface area (Å²) in [6, 6.07) is 7.19. The number of halogens is 1. The van der Waals surface area contributed by atoms with Gasteiger partial charge in [0.1, 0.15) is 6.07 Å². The maximum absolute atomic E-state index is 11.6. The van der Waals surface area contributed by atoms with Gasteiger partial charge in [-0.25, -0.2) is 0 Å². The van der Waals surface area contributed by atoms with Crippen LogP contribution < -0.4 is 11.1 Å². The van der Waals surface area contributed by atoms with Gasteiger partial charge in [-0.3, -0.25) is 4.79 Å². The van der Waals surface area contributed by atoms with E-state index in [9.17, 15) is 4.79 Å². The van der Waals surface area contributed by atoms with Crippen LogP contribution in [0, 0.1) is 11.3 Å². The Morgan fingerprint density at radius 2 is 2.35 bits per heavy atom. The number of nitriles is 1. The van der Waals surface area contributed by atoms with Gasteiger partial charge in [0.2, 0.25) is 5.91 Å². The second-order valence-corrected chi connectivity index (χ2v) is 4.78. The fourth-order valence-corrected chi connectivity index (χ4v) is 1.65. The lowest BCUT2D eigenvalue weighted by molar-refractivity contribution is -0.116. The molecule has 1 rings (SSSR count). The van der Waals surface area contributed by atoms with Crippen molar-refractivity contribution in [2.45, 2.75) is 25.8 Å². The maximum atomic E-state index is 11.6. The lowest BCUT2D eigenvalue weighted by Crippen LogP contribution is -2.19. The molecule has 90 valence electrons. The van der Waals surface area contributed by atoms with Gasteiger partial charge in [0.05, 0.1) is 11.3 Å². The van der Waals surface area contributed by atoms with Crippen LogP contribution in [-0.4, -0.2) is 11.9 Å². The number of hydrogen-bond acceptors (Lipinski definition) is 3. The molecule has 3 N–H and O–H groups in total. The molecule has 0 aliphatic rings. The molecule has 0 spiro atoms. The van der Waals surface area contributed by atoms with Crippen molar-refractivity contribution in [3.63, 3.8) is 0 Å². The number of amides is 1. The molecule has 0 radical (unpaired) electrons. The summed E-state index contributed by atoms with van der Waals surface area (Å²) in [7, 11) is 0. The van der Waals surface area contributed by atoms with Gasteiger partial charge in [-0.2, -0.15) is 5.26 Å². The van der Waals surface area contributed by atoms with E-state index in [2.05, 4.69) is 21.2 Å². The third-order valence-electron chi connectivity index (χ3n) is 2.20. The molecule has 0 bridgehead atoms. The average Bonchev–Trinajstić information content (AvgIpc) is 2.28. The first-order valence-corrected chi connectivity index (χ1v) is 6.07. The van der Waals surface area contributed by atoms with Crippen LogP contribution in [0.4, 0.5) is 5.69 Å². The standard InChI is InChI=1S/C12H14BrN3O/c1-8(15)2-5-12(17)16-11-4-3-10(13)6-9(11)7-14/h3-4,6,8H,2,5,15H2,1H3,(H,16,17). The van der Waals surface area contributed by atoms with Crippen LogP contribution in [0.2, 0.25) is 0 Å². The molecule has 0 aromatic heterocycles. The molecule has 0 saturated heterocycles. The molecule has 1 amide bonds. The van der Waals surface area contributed by atoms with Gasteiger partial charge in [0, 0.05) is 16.9 Å². The SMILES string of the molecule is CC(N)CCC(=O)Nc1ccc(Br)cc1C#N. The normalized spacial score (nSPS) is 11.6. The van der Waals surface area contributed by atoms with Crippen LogP contribution >= 0.6 is 15.9 Å². The Labute approximate surface area is 109 Å². The zero-order valence-corrected chi connectivity index (χ0v) is 11.1. The predicted octanol–water partition coefficient (Wildman–Crippen LogP) is 2.39. The number of rotatable bonds is 4. The number of benzene rings is 1. The summed E-state index contributed by atoms with van der Waals surface area (Å²) >= 11 is 3.27. The van der Waals surface area contributed by atoms with Crippen molar-refractivity contribution in [1.82, 2.24) is 0 Å². The van der Waals surface area contributed by atoms with Crippen molar-refractivity contribution in [1.29, 1.82) is 5.26 Å². The number of anilines is 1. The van der Waals surface area contributed by atoms with E-state index in [0.717, 1.165) is 4.47 Å². The predicted molar refractivity (Wildman–Crippen MR) is 70.4 cm³/mol. The first-order valence-electron chi connectivity index (χ1n) is 5.28. The topological polar surface area (TPSA) is 78.9 Å². The smallest absolute Gasteiger partial charge is 0.224 e. The lowest BCUT2D eigenvalue weighted by Gasteiger charge is -2.08. The zero-order valence-electron chi connectivity index (χ0n) is 9.53. The highest BCUT2D eigenvalue weighted by Crippen LogP contribution is 2.20. The van der Waals surface area contributed by atoms with Crippen LogP contribution in [-0.2, 0) is 4.79 Å². The second-order valence-electron chi connectivity index (χ2n) is 3.87. The minimum absolute atomic E-state index is 0.00102. The summed E-state index contributed by atoms with van der Waals surface area (Å²) in [5.41, 5.74) is 6.54. The minimum atomic E-state index is -0.124. The fourth-order valence-electron chi connectivity index (χ4n) is 1.29. The van der Waals surface area contributed by atoms with Crippen LogP contribution in [0.5, 0.6) is 0 Å². The van der Waals surface area contributed by atoms with Gasteiger partial charge in [0.15, 0.2) is 0 Å². The molecular weight excluding hydrogens is 282 g/mol. The van der Waals surface area contributed by atoms with E-state index in [1.54, 1.807) is 18.2 Å². The van der Waals surface area contributed by atoms with E-state index in [0.29, 0.717) is 24.1 Å². The van der Waals surface area contributed by atoms with E-state index in [4.69, 9.17) is 11.0 Å². The van der Waals surface area contributed by atoms with Crippen LogP contribution in [0.3, 0.4) is 0 Å². The molecule has 1 aromatic carbocycles. The number of carbonyl (C=O) groups excluding carboxylic acids is 1. The third kappa shape index (κ3) is 4.55. The average molecular weight is 296 g/mol. The van der Waals surface area contributed by atoms with E-state index in [1.165, 1.54) is 0 Å². The van der Waals surface area contributed by atoms with Crippen LogP contribution in [0.15, 0.2) is 22.7 Å². The Balaban J connectivity index is 2.69. The number of nitrogens with zero attached hydrogens (tertiary/aromatic N) is 1. The Morgan fingerprint density at radius 3 is 2.94 bits per heavy atom. The third-order valence-corrected chi connectivity index (χ3v) is 2.70. The van der Waals surface area contributed by atoms with E-state index >= 15 is 0 Å². The molecule has 1 unspecified atom stereocenters. The number of hydrogen-bond donors (Lipinski definition) is 2. The highest BCUT2D eigenvalue weighted by atomic mass is 79.9. The zero-order chi connectivity index (χ0) is 12.8. The summed E-state index contributed by atoms with van der Waals surface area (Å²) < 4.78 is 0.808. The second kappa shape index (κ2) is 6.38. The van der Waals surface area contributed by atoms with Crippen LogP contribution in [0.1, 0.15) is 25.3 Å². The quantitative estimate of drug-likeness (QED) is 0.895. The van der Waals surface area contributed by atoms with Crippen LogP contribution in [0.25, 0.3) is 0 Å². The summed E-state index contributed by atoms with van der Waals surface area (Å²) in [5.74, 6) is -0.124. The molecule has 1 aromatic rings. The maximum Gasteiger partial charge on any atom is 0.224 e. The minimum Gasteiger partial charge on any atom is -0.328 e. The Kier molecular flexibility index (Phi) is 5.13. The van der Waals surface area contributed by atoms with E-state index in [1.807, 2.05) is 13.0 Å². The molecule has 0 aliphatic carbocycles. The molecule has 5 heteroatoms. The summed E-state index contributed by atoms with van der Waals surface area (Å²) in [4.78, 5) is 11.6. The summed E-state index contributed by atoms with van der Waals surface area (Å²) in [6.07, 6.45) is 0.989. The highest BCUT2D eigenvalue weighted by molar-refractivity contribution is 9.10. The van der Waals surface area contributed by atoms with Gasteiger partial charge in [-0.15, -0.1) is 0 Å². The monoisotopic (exact) mass is 295 g/mol. The fraction of sp³-hybridized carbons (Fsp3) is 0.333. The number of nitrogens with two attached hydrogens (primary N) is 1. The molecular formula is C12H14BrN3O. The Bertz CT molecular complexity index is 452. The summed E-state index contributed by atoms with van der Waals surface area (Å²) in [5, 5.41) is 11.6. The van der Waals surface area contributed by atoms with Crippen molar-refractivity contribution >= 4 is 27.5 Å². The van der Waals surface area contributed by atoms with E-state index in [-0.39, 0.29) is 11.9 Å². The Morgan fingerprint density at radius 1 is 1.65 bits per heavy atom. The van der Waals surface area contributed by atoms with Gasteiger partial charge in [0.25, 0.3) is 0 Å². The Hall–Kier alpha value is -1.38. The van der Waals surface area contributed by atoms with Gasteiger partial charge >= 0.3 is 0 Å². The molecule has 0 aliphatic heterocycles. The molecule has 1 atom stereocenters. The molecule has 17 heavy (non-hydrogen) atoms. The number of nitrogens with one attached hydrogen (secondary N) is 1. The van der Waals surface area contributed by atoms with Crippen molar-refractivity contribution in [2.24, 2.45) is 5.73 Å². The molecule has 0 fully saturated rings. The van der Waals surface area contributed by atoms with Gasteiger partial charge in [-0.1, -0.05) is 15.9 Å². The number of carbonyl (C=O) groups is 1. The summed E-state index contributed by atoms with van der Waals surface area (Å²) in [6.45, 7) is 1.85. The van der Waals surface area contributed by atoms with Crippen molar-refractivity contribution < 1.29 is 4.79 Å². The lowest BCUT2D eigenvalue weighted by atomic mass is 10.1. The molecule has 4 nitrogen and oxygen atoms in total. The molecule has 0 heterocycles. The first kappa shape index (κ1) is 13.7. The van der Waals surface area contributed by atoms with Gasteiger partial charge < -0.3 is 11.1 Å². The highest BCUT2D eigenvalue weighted by Gasteiger charge is 2.08. The largest absolute Gasteiger partial charge is 0.328 e. The first-order chi connectivity index (χ1) is 8.02. The van der Waals surface area contributed by atoms with Gasteiger partial charge in [-0.05, 0) is 31.5 Å². The molecule has 0 saturated carbocycles. The van der Waals surface area contributed by atoms with Crippen molar-refractivity contribution in [2.75, 3.05) is 5.32 Å².